The third-order valence-electron chi connectivity index (χ3n) is 3.70. The van der Waals surface area contributed by atoms with Gasteiger partial charge in [0.2, 0.25) is 0 Å². The van der Waals surface area contributed by atoms with Gasteiger partial charge in [-0.1, -0.05) is 0 Å². The van der Waals surface area contributed by atoms with E-state index in [9.17, 15) is 26.4 Å². The maximum atomic E-state index is 11.6. The number of rotatable bonds is 9. The van der Waals surface area contributed by atoms with E-state index >= 15 is 0 Å². The predicted octanol–water partition coefficient (Wildman–Crippen LogP) is -0.0646. The number of thiol groups is 1. The van der Waals surface area contributed by atoms with Gasteiger partial charge in [-0.2, -0.15) is 32.8 Å². The Morgan fingerprint density at radius 1 is 1.03 bits per heavy atom. The van der Waals surface area contributed by atoms with Gasteiger partial charge in [-0.3, -0.25) is 4.55 Å². The van der Waals surface area contributed by atoms with Crippen LogP contribution >= 0.6 is 24.4 Å². The van der Waals surface area contributed by atoms with Gasteiger partial charge in [-0.15, -0.1) is 0 Å². The Labute approximate surface area is 180 Å². The molecule has 0 radical (unpaired) electrons. The number of nitrogens with one attached hydrogen (secondary N) is 2. The monoisotopic (exact) mass is 494 g/mol. The van der Waals surface area contributed by atoms with E-state index in [1.807, 2.05) is 6.92 Å². The molecule has 2 atom stereocenters. The molecule has 0 aromatic rings. The molecule has 0 spiro atoms. The first-order chi connectivity index (χ1) is 13.2. The van der Waals surface area contributed by atoms with Crippen LogP contribution in [0.1, 0.15) is 13.8 Å². The molecule has 3 N–H and O–H groups in total. The summed E-state index contributed by atoms with van der Waals surface area (Å²) in [6, 6.07) is 0. The number of thioether (sulfide) groups is 1. The van der Waals surface area contributed by atoms with Crippen LogP contribution in [0.2, 0.25) is 0 Å². The quantitative estimate of drug-likeness (QED) is 0.194. The number of carbonyl (C=O) groups excluding carboxylic acids is 2. The first-order valence-corrected chi connectivity index (χ1v) is 13.6. The summed E-state index contributed by atoms with van der Waals surface area (Å²) < 4.78 is 61.9. The number of carbonyl (C=O) groups is 2. The van der Waals surface area contributed by atoms with Crippen LogP contribution in [0, 0.1) is 0 Å². The molecule has 2 heterocycles. The van der Waals surface area contributed by atoms with Gasteiger partial charge in [0.05, 0.1) is 28.3 Å². The molecule has 11 nitrogen and oxygen atoms in total. The van der Waals surface area contributed by atoms with Crippen LogP contribution in [0.3, 0.4) is 0 Å². The summed E-state index contributed by atoms with van der Waals surface area (Å²) in [5.74, 6) is 0.766. The fraction of sp³-hybridized carbons (Fsp3) is 0.857. The fourth-order valence-corrected chi connectivity index (χ4v) is 6.79. The van der Waals surface area contributed by atoms with Gasteiger partial charge in [0, 0.05) is 11.5 Å². The van der Waals surface area contributed by atoms with Crippen molar-refractivity contribution in [2.45, 2.75) is 24.9 Å². The molecule has 2 unspecified atom stereocenters. The van der Waals surface area contributed by atoms with Crippen LogP contribution in [0.4, 0.5) is 9.59 Å². The Balaban J connectivity index is 0.000000308. The number of hydrogen-bond acceptors (Lipinski definition) is 10. The van der Waals surface area contributed by atoms with E-state index in [1.54, 1.807) is 11.8 Å². The molecular weight excluding hydrogens is 468 g/mol. The lowest BCUT2D eigenvalue weighted by Gasteiger charge is -2.20. The summed E-state index contributed by atoms with van der Waals surface area (Å²) in [5, 5.41) is 5.11. The average Bonchev–Trinajstić information content (AvgIpc) is 3.07. The molecular formula is C14H26N2O9S4. The Bertz CT molecular complexity index is 802. The van der Waals surface area contributed by atoms with Crippen LogP contribution in [0.5, 0.6) is 0 Å². The zero-order valence-corrected chi connectivity index (χ0v) is 19.4. The third kappa shape index (κ3) is 10.6. The van der Waals surface area contributed by atoms with Crippen molar-refractivity contribution in [1.82, 2.24) is 10.6 Å². The molecule has 170 valence electrons. The lowest BCUT2D eigenvalue weighted by atomic mass is 10.1. The molecule has 0 bridgehead atoms. The van der Waals surface area contributed by atoms with Crippen molar-refractivity contribution < 1.29 is 40.5 Å². The lowest BCUT2D eigenvalue weighted by molar-refractivity contribution is 0.173. The molecule has 0 aromatic carbocycles. The topological polar surface area (TPSA) is 165 Å². The maximum absolute atomic E-state index is 11.6. The lowest BCUT2D eigenvalue weighted by Crippen LogP contribution is -2.47. The Morgan fingerprint density at radius 2 is 1.55 bits per heavy atom. The number of ether oxygens (including phenoxy) is 2. The molecule has 0 saturated carbocycles. The number of amides is 2. The molecule has 0 aliphatic carbocycles. The summed E-state index contributed by atoms with van der Waals surface area (Å²) in [7, 11) is -8.03. The maximum Gasteiger partial charge on any atom is 0.407 e. The molecule has 2 amide bonds. The van der Waals surface area contributed by atoms with E-state index in [2.05, 4.69) is 28.0 Å². The second kappa shape index (κ2) is 10.4. The van der Waals surface area contributed by atoms with Gasteiger partial charge >= 0.3 is 12.2 Å². The van der Waals surface area contributed by atoms with Crippen LogP contribution in [-0.4, -0.2) is 92.4 Å². The highest BCUT2D eigenvalue weighted by Gasteiger charge is 2.39. The van der Waals surface area contributed by atoms with Gasteiger partial charge in [0.15, 0.2) is 9.84 Å². The van der Waals surface area contributed by atoms with Crippen molar-refractivity contribution in [2.75, 3.05) is 47.7 Å². The molecule has 2 saturated heterocycles. The van der Waals surface area contributed by atoms with Gasteiger partial charge in [0.1, 0.15) is 13.2 Å². The summed E-state index contributed by atoms with van der Waals surface area (Å²) >= 11 is 5.88. The molecule has 29 heavy (non-hydrogen) atoms. The van der Waals surface area contributed by atoms with Gasteiger partial charge < -0.3 is 20.1 Å². The van der Waals surface area contributed by atoms with E-state index in [4.69, 9.17) is 9.29 Å². The van der Waals surface area contributed by atoms with Gasteiger partial charge in [-0.05, 0) is 19.6 Å². The average molecular weight is 495 g/mol. The Kier molecular flexibility index (Phi) is 9.39. The smallest absolute Gasteiger partial charge is 0.407 e. The van der Waals surface area contributed by atoms with Crippen molar-refractivity contribution in [3.05, 3.63) is 0 Å². The zero-order chi connectivity index (χ0) is 22.3. The Hall–Kier alpha value is -0.900. The van der Waals surface area contributed by atoms with E-state index in [0.29, 0.717) is 6.61 Å². The van der Waals surface area contributed by atoms with Crippen LogP contribution in [-0.2, 0) is 29.4 Å². The molecule has 15 heteroatoms. The summed E-state index contributed by atoms with van der Waals surface area (Å²) in [6.07, 6.45) is -1.01. The number of hydrogen-bond donors (Lipinski definition) is 4. The molecule has 2 aliphatic heterocycles. The first-order valence-electron chi connectivity index (χ1n) is 8.42. The summed E-state index contributed by atoms with van der Waals surface area (Å²) in [5.41, 5.74) is -1.24. The van der Waals surface area contributed by atoms with Crippen LogP contribution in [0.15, 0.2) is 0 Å². The van der Waals surface area contributed by atoms with Gasteiger partial charge in [-0.25, -0.2) is 18.0 Å². The number of sulfone groups is 1. The fourth-order valence-electron chi connectivity index (χ4n) is 2.39. The van der Waals surface area contributed by atoms with Crippen molar-refractivity contribution in [1.29, 1.82) is 0 Å². The van der Waals surface area contributed by atoms with Gasteiger partial charge in [0.25, 0.3) is 10.1 Å². The van der Waals surface area contributed by atoms with Crippen LogP contribution in [0.25, 0.3) is 0 Å². The summed E-state index contributed by atoms with van der Waals surface area (Å²) in [6.45, 7) is 3.84. The van der Waals surface area contributed by atoms with E-state index < -0.39 is 48.8 Å². The SMILES string of the molecule is CC1(CS(=O)(=O)CCS(=O)(=O)O)COC(=O)N1.CC1(CSCCS)COC(=O)N1. The van der Waals surface area contributed by atoms with E-state index in [1.165, 1.54) is 6.92 Å². The molecule has 0 aromatic heterocycles. The molecule has 2 rings (SSSR count). The minimum Gasteiger partial charge on any atom is -0.447 e. The van der Waals surface area contributed by atoms with Crippen LogP contribution < -0.4 is 10.6 Å². The molecule has 2 aliphatic rings. The third-order valence-corrected chi connectivity index (χ3v) is 8.44. The van der Waals surface area contributed by atoms with Crippen molar-refractivity contribution in [3.63, 3.8) is 0 Å². The number of cyclic esters (lactones) is 2. The zero-order valence-electron chi connectivity index (χ0n) is 16.0. The summed E-state index contributed by atoms with van der Waals surface area (Å²) in [4.78, 5) is 21.5. The minimum atomic E-state index is -4.32. The van der Waals surface area contributed by atoms with E-state index in [-0.39, 0.29) is 18.2 Å². The van der Waals surface area contributed by atoms with Crippen molar-refractivity contribution in [2.24, 2.45) is 0 Å². The van der Waals surface area contributed by atoms with Crippen molar-refractivity contribution in [3.8, 4) is 0 Å². The first kappa shape index (κ1) is 26.1. The standard InChI is InChI=1S/C7H13NO7S2.C7H13NO2S2/c1-7(4-15-6(9)8-7)5-16(10,11)2-3-17(12,13)14;1-7(5-12-3-2-11)4-10-6(9)8-7/h2-5H2,1H3,(H,8,9)(H,12,13,14);11H,2-5H2,1H3,(H,8,9). The predicted molar refractivity (Wildman–Crippen MR) is 112 cm³/mol. The second-order valence-electron chi connectivity index (χ2n) is 7.18. The van der Waals surface area contributed by atoms with E-state index in [0.717, 1.165) is 17.3 Å². The highest BCUT2D eigenvalue weighted by Crippen LogP contribution is 2.18. The number of alkyl carbamates (subject to hydrolysis) is 2. The Morgan fingerprint density at radius 3 is 1.97 bits per heavy atom. The molecule has 2 fully saturated rings. The highest BCUT2D eigenvalue weighted by molar-refractivity contribution is 8.00. The second-order valence-corrected chi connectivity index (χ2v) is 12.5. The largest absolute Gasteiger partial charge is 0.447 e. The van der Waals surface area contributed by atoms with Crippen molar-refractivity contribution >= 4 is 56.5 Å². The highest BCUT2D eigenvalue weighted by atomic mass is 32.2. The normalized spacial score (nSPS) is 26.6. The minimum absolute atomic E-state index is 0.100.